The van der Waals surface area contributed by atoms with Gasteiger partial charge in [-0.2, -0.15) is 0 Å². The second-order valence-corrected chi connectivity index (χ2v) is 7.32. The Kier molecular flexibility index (Phi) is 5.36. The summed E-state index contributed by atoms with van der Waals surface area (Å²) in [7, 11) is 3.20. The fourth-order valence-corrected chi connectivity index (χ4v) is 4.26. The van der Waals surface area contributed by atoms with E-state index in [1.165, 1.54) is 0 Å². The van der Waals surface area contributed by atoms with E-state index in [2.05, 4.69) is 0 Å². The van der Waals surface area contributed by atoms with Crippen molar-refractivity contribution in [3.63, 3.8) is 0 Å². The Morgan fingerprint density at radius 1 is 1.25 bits per heavy atom. The van der Waals surface area contributed by atoms with Gasteiger partial charge in [-0.3, -0.25) is 4.79 Å². The standard InChI is InChI=1S/C18H23NO4S/c1-21-15-5-3-14(13-16(15)22-2)4-6-17(20)19-9-7-18(8-10-19)23-11-12-24-18/h3-6,13H,7-12H2,1-2H3. The van der Waals surface area contributed by atoms with Gasteiger partial charge in [0.15, 0.2) is 11.5 Å². The van der Waals surface area contributed by atoms with Crippen LogP contribution in [0.2, 0.25) is 0 Å². The lowest BCUT2D eigenvalue weighted by Gasteiger charge is -2.37. The summed E-state index contributed by atoms with van der Waals surface area (Å²) in [6, 6.07) is 5.60. The van der Waals surface area contributed by atoms with Crippen molar-refractivity contribution in [2.75, 3.05) is 39.7 Å². The number of likely N-dealkylation sites (tertiary alicyclic amines) is 1. The zero-order valence-corrected chi connectivity index (χ0v) is 14.9. The fourth-order valence-electron chi connectivity index (χ4n) is 3.08. The summed E-state index contributed by atoms with van der Waals surface area (Å²) in [5.74, 6) is 2.44. The van der Waals surface area contributed by atoms with Gasteiger partial charge in [0.25, 0.3) is 0 Å². The van der Waals surface area contributed by atoms with E-state index in [9.17, 15) is 4.79 Å². The molecule has 24 heavy (non-hydrogen) atoms. The summed E-state index contributed by atoms with van der Waals surface area (Å²) < 4.78 is 16.4. The van der Waals surface area contributed by atoms with E-state index in [0.29, 0.717) is 11.5 Å². The molecule has 1 spiro atoms. The first-order valence-corrected chi connectivity index (χ1v) is 9.11. The lowest BCUT2D eigenvalue weighted by atomic mass is 10.1. The Balaban J connectivity index is 1.59. The maximum atomic E-state index is 12.4. The third-order valence-electron chi connectivity index (χ3n) is 4.48. The number of methoxy groups -OCH3 is 2. The lowest BCUT2D eigenvalue weighted by molar-refractivity contribution is -0.128. The van der Waals surface area contributed by atoms with Crippen molar-refractivity contribution in [1.82, 2.24) is 4.90 Å². The minimum Gasteiger partial charge on any atom is -0.493 e. The van der Waals surface area contributed by atoms with Gasteiger partial charge in [-0.1, -0.05) is 6.07 Å². The predicted molar refractivity (Wildman–Crippen MR) is 95.5 cm³/mol. The lowest BCUT2D eigenvalue weighted by Crippen LogP contribution is -2.44. The van der Waals surface area contributed by atoms with Crippen LogP contribution in [0.3, 0.4) is 0 Å². The van der Waals surface area contributed by atoms with Crippen LogP contribution in [0.1, 0.15) is 18.4 Å². The van der Waals surface area contributed by atoms with Crippen LogP contribution in [0.25, 0.3) is 6.08 Å². The number of carbonyl (C=O) groups is 1. The molecule has 0 saturated carbocycles. The summed E-state index contributed by atoms with van der Waals surface area (Å²) in [4.78, 5) is 14.2. The van der Waals surface area contributed by atoms with Crippen LogP contribution in [0, 0.1) is 0 Å². The van der Waals surface area contributed by atoms with Crippen LogP contribution >= 0.6 is 11.8 Å². The Labute approximate surface area is 146 Å². The van der Waals surface area contributed by atoms with E-state index in [0.717, 1.165) is 43.9 Å². The molecule has 0 aromatic heterocycles. The SMILES string of the molecule is COc1ccc(C=CC(=O)N2CCC3(CC2)OCCS3)cc1OC. The summed E-state index contributed by atoms with van der Waals surface area (Å²) >= 11 is 1.89. The molecule has 0 aliphatic carbocycles. The van der Waals surface area contributed by atoms with E-state index in [-0.39, 0.29) is 10.8 Å². The Morgan fingerprint density at radius 3 is 2.62 bits per heavy atom. The van der Waals surface area contributed by atoms with E-state index >= 15 is 0 Å². The van der Waals surface area contributed by atoms with Crippen LogP contribution in [0.4, 0.5) is 0 Å². The highest BCUT2D eigenvalue weighted by molar-refractivity contribution is 8.00. The number of benzene rings is 1. The summed E-state index contributed by atoms with van der Waals surface area (Å²) in [5, 5.41) is 0. The predicted octanol–water partition coefficient (Wildman–Crippen LogP) is 2.80. The van der Waals surface area contributed by atoms with Gasteiger partial charge in [0.1, 0.15) is 4.93 Å². The molecule has 0 radical (unpaired) electrons. The van der Waals surface area contributed by atoms with Crippen molar-refractivity contribution < 1.29 is 19.0 Å². The first kappa shape index (κ1) is 17.2. The number of amides is 1. The minimum atomic E-state index is -0.0379. The fraction of sp³-hybridized carbons (Fsp3) is 0.500. The number of hydrogen-bond donors (Lipinski definition) is 0. The zero-order chi connectivity index (χ0) is 17.0. The van der Waals surface area contributed by atoms with Gasteiger partial charge in [-0.15, -0.1) is 11.8 Å². The van der Waals surface area contributed by atoms with Crippen molar-refractivity contribution >= 4 is 23.7 Å². The van der Waals surface area contributed by atoms with Crippen molar-refractivity contribution in [3.05, 3.63) is 29.8 Å². The van der Waals surface area contributed by atoms with Crippen LogP contribution in [0.15, 0.2) is 24.3 Å². The summed E-state index contributed by atoms with van der Waals surface area (Å²) in [6.07, 6.45) is 5.26. The Bertz CT molecular complexity index is 615. The molecule has 1 aromatic rings. The first-order chi connectivity index (χ1) is 11.7. The largest absolute Gasteiger partial charge is 0.493 e. The molecule has 0 N–H and O–H groups in total. The molecule has 2 fully saturated rings. The molecule has 1 aromatic carbocycles. The third-order valence-corrected chi connectivity index (χ3v) is 5.90. The highest BCUT2D eigenvalue weighted by atomic mass is 32.2. The van der Waals surface area contributed by atoms with E-state index in [4.69, 9.17) is 14.2 Å². The van der Waals surface area contributed by atoms with Gasteiger partial charge in [-0.25, -0.2) is 0 Å². The Hall–Kier alpha value is -1.66. The van der Waals surface area contributed by atoms with Crippen molar-refractivity contribution in [1.29, 1.82) is 0 Å². The Morgan fingerprint density at radius 2 is 2.00 bits per heavy atom. The molecule has 2 heterocycles. The average molecular weight is 349 g/mol. The molecule has 0 unspecified atom stereocenters. The number of piperidine rings is 1. The summed E-state index contributed by atoms with van der Waals surface area (Å²) in [5.41, 5.74) is 0.907. The molecule has 0 bridgehead atoms. The normalized spacial score (nSPS) is 19.8. The molecule has 0 atom stereocenters. The molecule has 6 heteroatoms. The van der Waals surface area contributed by atoms with Crippen LogP contribution in [0.5, 0.6) is 11.5 Å². The van der Waals surface area contributed by atoms with Gasteiger partial charge in [0, 0.05) is 37.8 Å². The number of ether oxygens (including phenoxy) is 3. The molecule has 2 saturated heterocycles. The molecular weight excluding hydrogens is 326 g/mol. The summed E-state index contributed by atoms with van der Waals surface area (Å²) in [6.45, 7) is 2.34. The number of carbonyl (C=O) groups excluding carboxylic acids is 1. The average Bonchev–Trinajstić information content (AvgIpc) is 3.08. The maximum absolute atomic E-state index is 12.4. The third kappa shape index (κ3) is 3.70. The maximum Gasteiger partial charge on any atom is 0.246 e. The van der Waals surface area contributed by atoms with E-state index < -0.39 is 0 Å². The van der Waals surface area contributed by atoms with Gasteiger partial charge in [0.2, 0.25) is 5.91 Å². The van der Waals surface area contributed by atoms with Crippen LogP contribution < -0.4 is 9.47 Å². The highest BCUT2D eigenvalue weighted by Crippen LogP contribution is 2.41. The monoisotopic (exact) mass is 349 g/mol. The molecule has 5 nitrogen and oxygen atoms in total. The second-order valence-electron chi connectivity index (χ2n) is 5.88. The zero-order valence-electron chi connectivity index (χ0n) is 14.1. The van der Waals surface area contributed by atoms with Crippen molar-refractivity contribution in [2.45, 2.75) is 17.8 Å². The van der Waals surface area contributed by atoms with Gasteiger partial charge >= 0.3 is 0 Å². The van der Waals surface area contributed by atoms with E-state index in [1.807, 2.05) is 40.9 Å². The molecule has 2 aliphatic heterocycles. The number of nitrogens with zero attached hydrogens (tertiary/aromatic N) is 1. The van der Waals surface area contributed by atoms with Crippen molar-refractivity contribution in [3.8, 4) is 11.5 Å². The first-order valence-electron chi connectivity index (χ1n) is 8.13. The minimum absolute atomic E-state index is 0.0379. The van der Waals surface area contributed by atoms with E-state index in [1.54, 1.807) is 20.3 Å². The molecule has 1 amide bonds. The van der Waals surface area contributed by atoms with Crippen molar-refractivity contribution in [2.24, 2.45) is 0 Å². The number of thioether (sulfide) groups is 1. The second kappa shape index (κ2) is 7.49. The molecular formula is C18H23NO4S. The van der Waals surface area contributed by atoms with Gasteiger partial charge < -0.3 is 19.1 Å². The van der Waals surface area contributed by atoms with Gasteiger partial charge in [-0.05, 0) is 23.8 Å². The quantitative estimate of drug-likeness (QED) is 0.783. The highest BCUT2D eigenvalue weighted by Gasteiger charge is 2.39. The van der Waals surface area contributed by atoms with Crippen LogP contribution in [-0.4, -0.2) is 55.4 Å². The van der Waals surface area contributed by atoms with Crippen LogP contribution in [-0.2, 0) is 9.53 Å². The molecule has 130 valence electrons. The molecule has 2 aliphatic rings. The number of hydrogen-bond acceptors (Lipinski definition) is 5. The van der Waals surface area contributed by atoms with Gasteiger partial charge in [0.05, 0.1) is 20.8 Å². The number of rotatable bonds is 4. The molecule has 3 rings (SSSR count). The smallest absolute Gasteiger partial charge is 0.246 e. The topological polar surface area (TPSA) is 48.0 Å².